The van der Waals surface area contributed by atoms with E-state index in [1.54, 1.807) is 0 Å². The van der Waals surface area contributed by atoms with Gasteiger partial charge in [-0.2, -0.15) is 0 Å². The summed E-state index contributed by atoms with van der Waals surface area (Å²) >= 11 is 1.45. The predicted octanol–water partition coefficient (Wildman–Crippen LogP) is 4.14. The number of thioether (sulfide) groups is 1. The fourth-order valence-electron chi connectivity index (χ4n) is 4.00. The van der Waals surface area contributed by atoms with Crippen LogP contribution in [-0.4, -0.2) is 41.7 Å². The molecule has 1 heterocycles. The third-order valence-corrected chi connectivity index (χ3v) is 6.65. The van der Waals surface area contributed by atoms with Gasteiger partial charge in [-0.3, -0.25) is 15.0 Å². The Balaban J connectivity index is 1.50. The van der Waals surface area contributed by atoms with Crippen LogP contribution in [0.1, 0.15) is 74.6 Å². The lowest BCUT2D eigenvalue weighted by molar-refractivity contribution is -0.119. The van der Waals surface area contributed by atoms with Crippen LogP contribution < -0.4 is 10.7 Å². The highest BCUT2D eigenvalue weighted by atomic mass is 32.2. The molecule has 5 nitrogen and oxygen atoms in total. The van der Waals surface area contributed by atoms with E-state index in [0.29, 0.717) is 17.4 Å². The monoisotopic (exact) mass is 403 g/mol. The van der Waals surface area contributed by atoms with Gasteiger partial charge < -0.3 is 5.32 Å². The van der Waals surface area contributed by atoms with E-state index >= 15 is 0 Å². The Morgan fingerprint density at radius 2 is 1.57 bits per heavy atom. The Kier molecular flexibility index (Phi) is 8.68. The molecule has 0 atom stereocenters. The molecule has 0 aromatic heterocycles. The van der Waals surface area contributed by atoms with Crippen molar-refractivity contribution in [2.24, 2.45) is 0 Å². The lowest BCUT2D eigenvalue weighted by atomic mass is 9.97. The fourth-order valence-corrected chi connectivity index (χ4v) is 4.86. The molecular formula is C22H33N3O2S. The minimum Gasteiger partial charge on any atom is -0.353 e. The lowest BCUT2D eigenvalue weighted by Crippen LogP contribution is -2.45. The first-order valence-electron chi connectivity index (χ1n) is 10.8. The lowest BCUT2D eigenvalue weighted by Gasteiger charge is -2.27. The Hall–Kier alpha value is -1.53. The van der Waals surface area contributed by atoms with Gasteiger partial charge in [0.05, 0.1) is 11.3 Å². The first kappa shape index (κ1) is 21.2. The van der Waals surface area contributed by atoms with E-state index in [2.05, 4.69) is 10.7 Å². The van der Waals surface area contributed by atoms with Gasteiger partial charge in [-0.1, -0.05) is 50.7 Å². The van der Waals surface area contributed by atoms with Gasteiger partial charge in [0.15, 0.2) is 0 Å². The van der Waals surface area contributed by atoms with Crippen LogP contribution in [0.15, 0.2) is 29.2 Å². The summed E-state index contributed by atoms with van der Waals surface area (Å²) in [4.78, 5) is 26.0. The number of hydrogen-bond donors (Lipinski definition) is 2. The van der Waals surface area contributed by atoms with Crippen LogP contribution in [-0.2, 0) is 4.79 Å². The fraction of sp³-hybridized carbons (Fsp3) is 0.636. The molecule has 1 aromatic rings. The van der Waals surface area contributed by atoms with Gasteiger partial charge >= 0.3 is 0 Å². The molecule has 0 radical (unpaired) electrons. The second kappa shape index (κ2) is 11.5. The number of rotatable bonds is 6. The largest absolute Gasteiger partial charge is 0.353 e. The molecule has 0 unspecified atom stereocenters. The van der Waals surface area contributed by atoms with E-state index in [4.69, 9.17) is 0 Å². The molecule has 0 bridgehead atoms. The highest BCUT2D eigenvalue weighted by Gasteiger charge is 2.18. The average Bonchev–Trinajstić information content (AvgIpc) is 2.69. The maximum absolute atomic E-state index is 12.7. The zero-order valence-corrected chi connectivity index (χ0v) is 17.6. The maximum Gasteiger partial charge on any atom is 0.266 e. The minimum absolute atomic E-state index is 0.0711. The van der Waals surface area contributed by atoms with Crippen molar-refractivity contribution < 1.29 is 9.59 Å². The van der Waals surface area contributed by atoms with Crippen molar-refractivity contribution in [2.45, 2.75) is 75.1 Å². The van der Waals surface area contributed by atoms with Crippen molar-refractivity contribution >= 4 is 23.6 Å². The Morgan fingerprint density at radius 1 is 0.929 bits per heavy atom. The van der Waals surface area contributed by atoms with E-state index in [1.165, 1.54) is 50.3 Å². The number of carbonyl (C=O) groups is 2. The smallest absolute Gasteiger partial charge is 0.266 e. The van der Waals surface area contributed by atoms with E-state index in [-0.39, 0.29) is 11.8 Å². The number of amides is 2. The van der Waals surface area contributed by atoms with Crippen LogP contribution in [0.4, 0.5) is 0 Å². The first-order chi connectivity index (χ1) is 13.7. The predicted molar refractivity (Wildman–Crippen MR) is 114 cm³/mol. The molecule has 2 N–H and O–H groups in total. The van der Waals surface area contributed by atoms with Crippen LogP contribution in [0.3, 0.4) is 0 Å². The molecular weight excluding hydrogens is 370 g/mol. The van der Waals surface area contributed by atoms with Gasteiger partial charge in [0.25, 0.3) is 5.91 Å². The quantitative estimate of drug-likeness (QED) is 0.701. The van der Waals surface area contributed by atoms with Crippen LogP contribution in [0.5, 0.6) is 0 Å². The second-order valence-electron chi connectivity index (χ2n) is 7.88. The molecule has 28 heavy (non-hydrogen) atoms. The van der Waals surface area contributed by atoms with Gasteiger partial charge in [-0.25, -0.2) is 5.01 Å². The topological polar surface area (TPSA) is 61.4 Å². The Labute approximate surface area is 173 Å². The molecule has 0 spiro atoms. The van der Waals surface area contributed by atoms with Crippen molar-refractivity contribution in [1.29, 1.82) is 0 Å². The highest BCUT2D eigenvalue weighted by molar-refractivity contribution is 8.00. The summed E-state index contributed by atoms with van der Waals surface area (Å²) in [5, 5.41) is 5.21. The molecule has 3 rings (SSSR count). The molecule has 154 valence electrons. The summed E-state index contributed by atoms with van der Waals surface area (Å²) in [5.74, 6) is 0.345. The van der Waals surface area contributed by atoms with Crippen LogP contribution in [0.2, 0.25) is 0 Å². The number of nitrogens with zero attached hydrogens (tertiary/aromatic N) is 1. The molecule has 2 amide bonds. The van der Waals surface area contributed by atoms with Crippen LogP contribution in [0.25, 0.3) is 0 Å². The number of carbonyl (C=O) groups excluding carboxylic acids is 2. The van der Waals surface area contributed by atoms with Gasteiger partial charge in [-0.15, -0.1) is 11.8 Å². The third kappa shape index (κ3) is 6.82. The molecule has 1 saturated carbocycles. The van der Waals surface area contributed by atoms with E-state index in [9.17, 15) is 9.59 Å². The summed E-state index contributed by atoms with van der Waals surface area (Å²) in [6.07, 6.45) is 11.9. The van der Waals surface area contributed by atoms with Crippen LogP contribution in [0, 0.1) is 0 Å². The highest BCUT2D eigenvalue weighted by Crippen LogP contribution is 2.23. The SMILES string of the molecule is O=C(CSc1ccccc1C(=O)NN1CCCCC1)NC1CCCCCCC1. The molecule has 6 heteroatoms. The number of hydrogen-bond acceptors (Lipinski definition) is 4. The molecule has 2 fully saturated rings. The summed E-state index contributed by atoms with van der Waals surface area (Å²) in [7, 11) is 0. The summed E-state index contributed by atoms with van der Waals surface area (Å²) < 4.78 is 0. The van der Waals surface area contributed by atoms with E-state index in [1.807, 2.05) is 29.3 Å². The van der Waals surface area contributed by atoms with Gasteiger partial charge in [0.2, 0.25) is 5.91 Å². The summed E-state index contributed by atoms with van der Waals surface area (Å²) in [6.45, 7) is 1.82. The number of nitrogens with one attached hydrogen (secondary N) is 2. The average molecular weight is 404 g/mol. The Morgan fingerprint density at radius 3 is 2.32 bits per heavy atom. The van der Waals surface area contributed by atoms with Crippen molar-refractivity contribution in [3.8, 4) is 0 Å². The zero-order valence-electron chi connectivity index (χ0n) is 16.8. The zero-order chi connectivity index (χ0) is 19.6. The maximum atomic E-state index is 12.7. The van der Waals surface area contributed by atoms with Crippen molar-refractivity contribution in [3.05, 3.63) is 29.8 Å². The van der Waals surface area contributed by atoms with Crippen molar-refractivity contribution in [2.75, 3.05) is 18.8 Å². The molecule has 1 aliphatic carbocycles. The van der Waals surface area contributed by atoms with Gasteiger partial charge in [0.1, 0.15) is 0 Å². The van der Waals surface area contributed by atoms with Gasteiger partial charge in [-0.05, 0) is 37.8 Å². The summed E-state index contributed by atoms with van der Waals surface area (Å²) in [5.41, 5.74) is 3.67. The number of benzene rings is 1. The molecule has 2 aliphatic rings. The van der Waals surface area contributed by atoms with E-state index in [0.717, 1.165) is 43.7 Å². The standard InChI is InChI=1S/C22H33N3O2S/c26-21(23-18-11-5-2-1-3-6-12-18)17-28-20-14-8-7-13-19(20)22(27)24-25-15-9-4-10-16-25/h7-8,13-14,18H,1-6,9-12,15-17H2,(H,23,26)(H,24,27). The third-order valence-electron chi connectivity index (χ3n) is 5.58. The normalized spacial score (nSPS) is 19.4. The number of piperidine rings is 1. The molecule has 1 aliphatic heterocycles. The van der Waals surface area contributed by atoms with Crippen LogP contribution >= 0.6 is 11.8 Å². The second-order valence-corrected chi connectivity index (χ2v) is 8.90. The molecule has 1 saturated heterocycles. The van der Waals surface area contributed by atoms with Gasteiger partial charge in [0, 0.05) is 24.0 Å². The Bertz CT molecular complexity index is 638. The summed E-state index contributed by atoms with van der Waals surface area (Å²) in [6, 6.07) is 7.88. The number of hydrazine groups is 1. The molecule has 1 aromatic carbocycles. The minimum atomic E-state index is -0.0783. The van der Waals surface area contributed by atoms with Crippen molar-refractivity contribution in [3.63, 3.8) is 0 Å². The van der Waals surface area contributed by atoms with Crippen molar-refractivity contribution in [1.82, 2.24) is 15.8 Å². The first-order valence-corrected chi connectivity index (χ1v) is 11.8. The van der Waals surface area contributed by atoms with E-state index < -0.39 is 0 Å².